The summed E-state index contributed by atoms with van der Waals surface area (Å²) in [5, 5.41) is 27.0. The molecule has 8 aromatic carbocycles. The molecule has 0 aliphatic rings. The molecule has 0 atom stereocenters. The first-order chi connectivity index (χ1) is 27.2. The van der Waals surface area contributed by atoms with Crippen LogP contribution in [-0.4, -0.2) is 13.7 Å². The molecule has 0 unspecified atom stereocenters. The topological polar surface area (TPSA) is 62.4 Å². The van der Waals surface area contributed by atoms with Crippen LogP contribution in [0.3, 0.4) is 0 Å². The number of aromatic nitrogens is 3. The predicted octanol–water partition coefficient (Wildman–Crippen LogP) is 12.4. The van der Waals surface area contributed by atoms with Gasteiger partial charge in [0.2, 0.25) is 0 Å². The zero-order chi connectivity index (χ0) is 36.6. The third-order valence-corrected chi connectivity index (χ3v) is 11.1. The maximum atomic E-state index is 10.2. The second-order valence-corrected chi connectivity index (χ2v) is 14.0. The maximum absolute atomic E-state index is 10.2. The van der Waals surface area contributed by atoms with Crippen LogP contribution >= 0.6 is 0 Å². The lowest BCUT2D eigenvalue weighted by Crippen LogP contribution is -2.00. The molecule has 0 aliphatic heterocycles. The van der Waals surface area contributed by atoms with Crippen molar-refractivity contribution >= 4 is 65.4 Å². The Morgan fingerprint density at radius 3 is 1.56 bits per heavy atom. The van der Waals surface area contributed by atoms with Gasteiger partial charge in [-0.1, -0.05) is 97.1 Å². The Morgan fingerprint density at radius 1 is 0.364 bits per heavy atom. The van der Waals surface area contributed by atoms with E-state index in [1.165, 1.54) is 10.8 Å². The van der Waals surface area contributed by atoms with E-state index in [-0.39, 0.29) is 0 Å². The highest BCUT2D eigenvalue weighted by Gasteiger charge is 2.22. The quantitative estimate of drug-likeness (QED) is 0.184. The summed E-state index contributed by atoms with van der Waals surface area (Å²) in [6, 6.07) is 65.9. The Kier molecular flexibility index (Phi) is 6.61. The van der Waals surface area contributed by atoms with Gasteiger partial charge in [-0.25, -0.2) is 0 Å². The van der Waals surface area contributed by atoms with E-state index in [9.17, 15) is 10.5 Å². The van der Waals surface area contributed by atoms with E-state index in [4.69, 9.17) is 0 Å². The number of rotatable bonds is 4. The van der Waals surface area contributed by atoms with Gasteiger partial charge < -0.3 is 13.7 Å². The summed E-state index contributed by atoms with van der Waals surface area (Å²) < 4.78 is 6.99. The Bertz CT molecular complexity index is 3420. The second-order valence-electron chi connectivity index (χ2n) is 14.0. The fraction of sp³-hybridized carbons (Fsp3) is 0. The summed E-state index contributed by atoms with van der Waals surface area (Å²) in [7, 11) is 0. The van der Waals surface area contributed by atoms with Gasteiger partial charge in [-0.3, -0.25) is 0 Å². The van der Waals surface area contributed by atoms with E-state index in [1.807, 2.05) is 36.4 Å². The highest BCUT2D eigenvalue weighted by atomic mass is 15.0. The van der Waals surface area contributed by atoms with Gasteiger partial charge >= 0.3 is 0 Å². The molecular formula is C50H29N5. The minimum atomic E-state index is 0.589. The number of nitriles is 2. The fourth-order valence-electron chi connectivity index (χ4n) is 8.86. The zero-order valence-corrected chi connectivity index (χ0v) is 29.5. The molecule has 0 amide bonds. The molecule has 55 heavy (non-hydrogen) atoms. The monoisotopic (exact) mass is 699 g/mol. The highest BCUT2D eigenvalue weighted by Crippen LogP contribution is 2.42. The fourth-order valence-corrected chi connectivity index (χ4v) is 8.86. The first-order valence-corrected chi connectivity index (χ1v) is 18.3. The third kappa shape index (κ3) is 4.39. The van der Waals surface area contributed by atoms with Crippen LogP contribution in [0.15, 0.2) is 176 Å². The van der Waals surface area contributed by atoms with Crippen molar-refractivity contribution in [2.45, 2.75) is 0 Å². The molecule has 3 aromatic heterocycles. The Balaban J connectivity index is 1.19. The van der Waals surface area contributed by atoms with E-state index < -0.39 is 0 Å². The molecule has 0 fully saturated rings. The van der Waals surface area contributed by atoms with E-state index in [0.29, 0.717) is 11.1 Å². The summed E-state index contributed by atoms with van der Waals surface area (Å²) in [4.78, 5) is 0. The van der Waals surface area contributed by atoms with E-state index in [0.717, 1.165) is 82.8 Å². The standard InChI is InChI=1S/C50H29N5/c51-30-32-26-27-45(40(28-32)33-12-9-14-35(29-33)53-43-21-7-3-17-38(43)49-34(31-52)13-10-23-46(49)53)55-44-22-8-4-18-39(44)50-47(24-11-25-48(50)55)54-41-19-5-1-15-36(41)37-16-2-6-20-42(37)54/h1-29H. The Hall–Kier alpha value is -7.86. The van der Waals surface area contributed by atoms with Gasteiger partial charge in [0.25, 0.3) is 0 Å². The van der Waals surface area contributed by atoms with Crippen molar-refractivity contribution in [2.24, 2.45) is 0 Å². The van der Waals surface area contributed by atoms with Crippen LogP contribution in [0.1, 0.15) is 11.1 Å². The van der Waals surface area contributed by atoms with Crippen molar-refractivity contribution in [3.63, 3.8) is 0 Å². The molecule has 254 valence electrons. The molecule has 0 spiro atoms. The molecule has 0 N–H and O–H groups in total. The lowest BCUT2D eigenvalue weighted by Gasteiger charge is -2.16. The summed E-state index contributed by atoms with van der Waals surface area (Å²) >= 11 is 0. The van der Waals surface area contributed by atoms with Crippen LogP contribution in [-0.2, 0) is 0 Å². The number of nitrogens with zero attached hydrogens (tertiary/aromatic N) is 5. The number of benzene rings is 8. The van der Waals surface area contributed by atoms with Crippen LogP contribution in [0.4, 0.5) is 0 Å². The van der Waals surface area contributed by atoms with Gasteiger partial charge in [-0.05, 0) is 84.4 Å². The van der Waals surface area contributed by atoms with Gasteiger partial charge in [0, 0.05) is 43.6 Å². The van der Waals surface area contributed by atoms with Crippen LogP contribution in [0, 0.1) is 22.7 Å². The predicted molar refractivity (Wildman–Crippen MR) is 224 cm³/mol. The van der Waals surface area contributed by atoms with E-state index in [2.05, 4.69) is 165 Å². The van der Waals surface area contributed by atoms with Crippen molar-refractivity contribution in [1.82, 2.24) is 13.7 Å². The summed E-state index contributed by atoms with van der Waals surface area (Å²) in [6.45, 7) is 0. The van der Waals surface area contributed by atoms with Gasteiger partial charge in [0.05, 0.1) is 67.7 Å². The molecule has 0 saturated carbocycles. The molecule has 11 aromatic rings. The molecule has 11 rings (SSSR count). The SMILES string of the molecule is N#Cc1ccc(-n2c3ccccc3c3c(-n4c5ccccc5c5ccccc54)cccc32)c(-c2cccc(-n3c4ccccc4c4c(C#N)cccc43)c2)c1. The summed E-state index contributed by atoms with van der Waals surface area (Å²) in [6.07, 6.45) is 0. The van der Waals surface area contributed by atoms with Gasteiger partial charge in [-0.15, -0.1) is 0 Å². The Morgan fingerprint density at radius 2 is 0.891 bits per heavy atom. The second kappa shape index (κ2) is 11.8. The summed E-state index contributed by atoms with van der Waals surface area (Å²) in [5.74, 6) is 0. The molecule has 0 aliphatic carbocycles. The number of para-hydroxylation sites is 4. The highest BCUT2D eigenvalue weighted by molar-refractivity contribution is 6.17. The van der Waals surface area contributed by atoms with Gasteiger partial charge in [0.15, 0.2) is 0 Å². The first kappa shape index (κ1) is 30.7. The van der Waals surface area contributed by atoms with Crippen LogP contribution in [0.5, 0.6) is 0 Å². The summed E-state index contributed by atoms with van der Waals surface area (Å²) in [5.41, 5.74) is 12.7. The minimum absolute atomic E-state index is 0.589. The minimum Gasteiger partial charge on any atom is -0.309 e. The zero-order valence-electron chi connectivity index (χ0n) is 29.5. The first-order valence-electron chi connectivity index (χ1n) is 18.3. The van der Waals surface area contributed by atoms with Crippen molar-refractivity contribution < 1.29 is 0 Å². The van der Waals surface area contributed by atoms with Gasteiger partial charge in [-0.2, -0.15) is 10.5 Å². The molecule has 0 bridgehead atoms. The molecule has 5 nitrogen and oxygen atoms in total. The molecular weight excluding hydrogens is 671 g/mol. The van der Waals surface area contributed by atoms with Crippen LogP contribution in [0.25, 0.3) is 93.6 Å². The van der Waals surface area contributed by atoms with E-state index >= 15 is 0 Å². The van der Waals surface area contributed by atoms with E-state index in [1.54, 1.807) is 0 Å². The molecule has 0 saturated heterocycles. The average molecular weight is 700 g/mol. The third-order valence-electron chi connectivity index (χ3n) is 11.1. The number of hydrogen-bond acceptors (Lipinski definition) is 2. The normalized spacial score (nSPS) is 11.6. The maximum Gasteiger partial charge on any atom is 0.0998 e. The smallest absolute Gasteiger partial charge is 0.0998 e. The van der Waals surface area contributed by atoms with Crippen molar-refractivity contribution in [3.05, 3.63) is 187 Å². The molecule has 5 heteroatoms. The van der Waals surface area contributed by atoms with Crippen molar-refractivity contribution in [2.75, 3.05) is 0 Å². The lowest BCUT2D eigenvalue weighted by atomic mass is 10.00. The van der Waals surface area contributed by atoms with Crippen LogP contribution < -0.4 is 0 Å². The average Bonchev–Trinajstić information content (AvgIpc) is 3.89. The molecule has 0 radical (unpaired) electrons. The van der Waals surface area contributed by atoms with Crippen molar-refractivity contribution in [3.8, 4) is 40.3 Å². The van der Waals surface area contributed by atoms with Crippen LogP contribution in [0.2, 0.25) is 0 Å². The largest absolute Gasteiger partial charge is 0.309 e. The Labute approximate surface area is 316 Å². The number of hydrogen-bond donors (Lipinski definition) is 0. The van der Waals surface area contributed by atoms with Crippen molar-refractivity contribution in [1.29, 1.82) is 10.5 Å². The molecule has 3 heterocycles. The number of fused-ring (bicyclic) bond motifs is 9. The lowest BCUT2D eigenvalue weighted by molar-refractivity contribution is 1.16. The van der Waals surface area contributed by atoms with Gasteiger partial charge in [0.1, 0.15) is 0 Å².